The predicted molar refractivity (Wildman–Crippen MR) is 127 cm³/mol. The van der Waals surface area contributed by atoms with E-state index in [1.54, 1.807) is 28.6 Å². The lowest BCUT2D eigenvalue weighted by Crippen LogP contribution is -2.10. The Kier molecular flexibility index (Phi) is 5.10. The summed E-state index contributed by atoms with van der Waals surface area (Å²) in [6.07, 6.45) is 2.03. The smallest absolute Gasteiger partial charge is 0.262 e. The van der Waals surface area contributed by atoms with Crippen molar-refractivity contribution in [2.24, 2.45) is 0 Å². The van der Waals surface area contributed by atoms with Crippen LogP contribution in [0.4, 0.5) is 0 Å². The van der Waals surface area contributed by atoms with Crippen LogP contribution in [0.2, 0.25) is 5.02 Å². The van der Waals surface area contributed by atoms with Gasteiger partial charge in [0.1, 0.15) is 16.9 Å². The van der Waals surface area contributed by atoms with Gasteiger partial charge in [0.05, 0.1) is 5.69 Å². The van der Waals surface area contributed by atoms with Crippen LogP contribution in [0.5, 0.6) is 0 Å². The third-order valence-electron chi connectivity index (χ3n) is 5.02. The van der Waals surface area contributed by atoms with Gasteiger partial charge < -0.3 is 4.98 Å². The van der Waals surface area contributed by atoms with E-state index in [1.165, 1.54) is 0 Å². The van der Waals surface area contributed by atoms with Crippen molar-refractivity contribution in [2.45, 2.75) is 4.90 Å². The third-order valence-corrected chi connectivity index (χ3v) is 6.02. The van der Waals surface area contributed by atoms with E-state index in [9.17, 15) is 4.79 Å². The van der Waals surface area contributed by atoms with Crippen LogP contribution in [0, 0.1) is 0 Å². The van der Waals surface area contributed by atoms with E-state index in [2.05, 4.69) is 4.98 Å². The maximum Gasteiger partial charge on any atom is 0.262 e. The summed E-state index contributed by atoms with van der Waals surface area (Å²) in [5.41, 5.74) is 3.30. The molecule has 0 bridgehead atoms. The van der Waals surface area contributed by atoms with Crippen LogP contribution in [-0.2, 0) is 0 Å². The monoisotopic (exact) mass is 444 g/mol. The number of thioether (sulfide) groups is 1. The second kappa shape index (κ2) is 8.06. The zero-order valence-electron chi connectivity index (χ0n) is 16.5. The summed E-state index contributed by atoms with van der Waals surface area (Å²) >= 11 is 7.72. The van der Waals surface area contributed by atoms with Crippen LogP contribution >= 0.6 is 23.4 Å². The molecular weight excluding hydrogens is 428 g/mol. The van der Waals surface area contributed by atoms with Crippen LogP contribution in [-0.4, -0.2) is 26.0 Å². The maximum absolute atomic E-state index is 13.2. The zero-order valence-corrected chi connectivity index (χ0v) is 18.1. The van der Waals surface area contributed by atoms with E-state index in [0.29, 0.717) is 27.6 Å². The van der Waals surface area contributed by atoms with Crippen LogP contribution in [0.25, 0.3) is 39.4 Å². The first-order valence-corrected chi connectivity index (χ1v) is 11.2. The molecular formula is C24H17ClN4OS. The van der Waals surface area contributed by atoms with Crippen molar-refractivity contribution in [3.63, 3.8) is 0 Å². The molecule has 0 amide bonds. The number of para-hydroxylation sites is 1. The molecule has 0 radical (unpaired) electrons. The van der Waals surface area contributed by atoms with Gasteiger partial charge >= 0.3 is 0 Å². The number of aromatic nitrogens is 4. The second-order valence-corrected chi connectivity index (χ2v) is 8.26. The Labute approximate surface area is 187 Å². The first kappa shape index (κ1) is 19.6. The molecule has 2 heterocycles. The lowest BCUT2D eigenvalue weighted by atomic mass is 10.1. The molecule has 0 unspecified atom stereocenters. The molecule has 3 aromatic carbocycles. The Balaban J connectivity index is 1.78. The van der Waals surface area contributed by atoms with Crippen molar-refractivity contribution in [3.8, 4) is 28.3 Å². The molecule has 0 saturated heterocycles. The minimum atomic E-state index is -0.235. The predicted octanol–water partition coefficient (Wildman–Crippen LogP) is 5.82. The number of aromatic amines is 1. The largest absolute Gasteiger partial charge is 0.306 e. The number of nitrogens with one attached hydrogen (secondary N) is 1. The van der Waals surface area contributed by atoms with Gasteiger partial charge in [-0.15, -0.1) is 11.8 Å². The maximum atomic E-state index is 13.2. The Morgan fingerprint density at radius 1 is 0.903 bits per heavy atom. The highest BCUT2D eigenvalue weighted by Gasteiger charge is 2.19. The van der Waals surface area contributed by atoms with Gasteiger partial charge in [-0.3, -0.25) is 4.79 Å². The van der Waals surface area contributed by atoms with E-state index in [1.807, 2.05) is 73.0 Å². The van der Waals surface area contributed by atoms with Gasteiger partial charge in [0, 0.05) is 21.0 Å². The molecule has 152 valence electrons. The number of hydrogen-bond donors (Lipinski definition) is 1. The minimum absolute atomic E-state index is 0.235. The van der Waals surface area contributed by atoms with Gasteiger partial charge in [0.25, 0.3) is 5.56 Å². The summed E-state index contributed by atoms with van der Waals surface area (Å²) in [5.74, 6) is 0.505. The molecule has 0 aliphatic rings. The third kappa shape index (κ3) is 3.65. The fourth-order valence-electron chi connectivity index (χ4n) is 3.47. The topological polar surface area (TPSA) is 63.6 Å². The summed E-state index contributed by atoms with van der Waals surface area (Å²) in [6, 6.07) is 24.9. The van der Waals surface area contributed by atoms with Crippen molar-refractivity contribution in [2.75, 3.05) is 6.26 Å². The molecule has 0 aliphatic heterocycles. The van der Waals surface area contributed by atoms with E-state index in [0.717, 1.165) is 21.7 Å². The number of halogens is 1. The first-order valence-electron chi connectivity index (χ1n) is 9.63. The SMILES string of the molecule is CSc1ccc(-c2nc3c(c(-c4ccc(Cl)cc4)nn3-c3ccccc3)c(=O)[nH]2)cc1. The molecule has 0 fully saturated rings. The van der Waals surface area contributed by atoms with E-state index in [-0.39, 0.29) is 5.56 Å². The van der Waals surface area contributed by atoms with Crippen LogP contribution < -0.4 is 5.56 Å². The summed E-state index contributed by atoms with van der Waals surface area (Å²) < 4.78 is 1.72. The van der Waals surface area contributed by atoms with Crippen molar-refractivity contribution >= 4 is 34.4 Å². The quantitative estimate of drug-likeness (QED) is 0.355. The summed E-state index contributed by atoms with van der Waals surface area (Å²) in [4.78, 5) is 22.1. The number of fused-ring (bicyclic) bond motifs is 1. The number of rotatable bonds is 4. The molecule has 0 spiro atoms. The van der Waals surface area contributed by atoms with E-state index >= 15 is 0 Å². The summed E-state index contributed by atoms with van der Waals surface area (Å²) in [5, 5.41) is 5.83. The normalized spacial score (nSPS) is 11.2. The van der Waals surface area contributed by atoms with Gasteiger partial charge in [0.2, 0.25) is 0 Å². The molecule has 5 rings (SSSR count). The Hall–Kier alpha value is -3.35. The Bertz CT molecular complexity index is 1430. The Morgan fingerprint density at radius 3 is 2.26 bits per heavy atom. The van der Waals surface area contributed by atoms with Crippen molar-refractivity contribution in [1.29, 1.82) is 0 Å². The number of hydrogen-bond acceptors (Lipinski definition) is 4. The van der Waals surface area contributed by atoms with Crippen molar-refractivity contribution < 1.29 is 0 Å². The molecule has 5 nitrogen and oxygen atoms in total. The van der Waals surface area contributed by atoms with Crippen LogP contribution in [0.15, 0.2) is 88.6 Å². The van der Waals surface area contributed by atoms with Crippen LogP contribution in [0.1, 0.15) is 0 Å². The Morgan fingerprint density at radius 2 is 1.58 bits per heavy atom. The van der Waals surface area contributed by atoms with E-state index in [4.69, 9.17) is 21.7 Å². The average Bonchev–Trinajstić information content (AvgIpc) is 3.20. The summed E-state index contributed by atoms with van der Waals surface area (Å²) in [6.45, 7) is 0. The summed E-state index contributed by atoms with van der Waals surface area (Å²) in [7, 11) is 0. The highest BCUT2D eigenvalue weighted by Crippen LogP contribution is 2.29. The molecule has 31 heavy (non-hydrogen) atoms. The van der Waals surface area contributed by atoms with Crippen molar-refractivity contribution in [1.82, 2.24) is 19.7 Å². The average molecular weight is 445 g/mol. The molecule has 2 aromatic heterocycles. The number of nitrogens with zero attached hydrogens (tertiary/aromatic N) is 3. The zero-order chi connectivity index (χ0) is 21.4. The number of H-pyrrole nitrogens is 1. The lowest BCUT2D eigenvalue weighted by Gasteiger charge is -2.05. The highest BCUT2D eigenvalue weighted by atomic mass is 35.5. The fraction of sp³-hybridized carbons (Fsp3) is 0.0417. The first-order chi connectivity index (χ1) is 15.1. The highest BCUT2D eigenvalue weighted by molar-refractivity contribution is 7.98. The molecule has 0 aliphatic carbocycles. The lowest BCUT2D eigenvalue weighted by molar-refractivity contribution is 0.899. The molecule has 7 heteroatoms. The standard InChI is InChI=1S/C24H17ClN4OS/c1-31-19-13-9-16(10-14-19)22-26-23-20(24(30)27-22)21(15-7-11-17(25)12-8-15)28-29(23)18-5-3-2-4-6-18/h2-14H,1H3,(H,26,27,30). The molecule has 0 atom stereocenters. The van der Waals surface area contributed by atoms with Crippen LogP contribution in [0.3, 0.4) is 0 Å². The van der Waals surface area contributed by atoms with Gasteiger partial charge in [-0.25, -0.2) is 9.67 Å². The molecule has 5 aromatic rings. The minimum Gasteiger partial charge on any atom is -0.306 e. The van der Waals surface area contributed by atoms with Gasteiger partial charge in [-0.1, -0.05) is 54.1 Å². The number of benzene rings is 3. The van der Waals surface area contributed by atoms with E-state index < -0.39 is 0 Å². The van der Waals surface area contributed by atoms with Gasteiger partial charge in [-0.2, -0.15) is 5.10 Å². The van der Waals surface area contributed by atoms with Gasteiger partial charge in [-0.05, 0) is 42.7 Å². The molecule has 1 N–H and O–H groups in total. The fourth-order valence-corrected chi connectivity index (χ4v) is 4.00. The molecule has 0 saturated carbocycles. The second-order valence-electron chi connectivity index (χ2n) is 6.94. The van der Waals surface area contributed by atoms with Gasteiger partial charge in [0.15, 0.2) is 5.65 Å². The van der Waals surface area contributed by atoms with Crippen molar-refractivity contribution in [3.05, 3.63) is 94.2 Å².